The second kappa shape index (κ2) is 7.88. The Balaban J connectivity index is 1.54. The minimum Gasteiger partial charge on any atom is -0.371 e. The molecule has 1 fully saturated rings. The SMILES string of the molecule is CN(Cc1ccsc1)C(=O)CN1CCOC(c2ccc(F)cc2)C1. The van der Waals surface area contributed by atoms with Crippen LogP contribution in [-0.2, 0) is 16.1 Å². The lowest BCUT2D eigenvalue weighted by atomic mass is 10.1. The van der Waals surface area contributed by atoms with E-state index in [0.29, 0.717) is 26.2 Å². The number of hydrogen-bond donors (Lipinski definition) is 0. The number of thiophene rings is 1. The molecule has 3 rings (SSSR count). The van der Waals surface area contributed by atoms with Gasteiger partial charge in [-0.05, 0) is 40.1 Å². The molecule has 1 unspecified atom stereocenters. The van der Waals surface area contributed by atoms with Crippen molar-refractivity contribution in [3.63, 3.8) is 0 Å². The smallest absolute Gasteiger partial charge is 0.236 e. The van der Waals surface area contributed by atoms with Gasteiger partial charge in [-0.25, -0.2) is 4.39 Å². The van der Waals surface area contributed by atoms with E-state index in [1.807, 2.05) is 18.5 Å². The van der Waals surface area contributed by atoms with Crippen molar-refractivity contribution in [2.24, 2.45) is 0 Å². The fourth-order valence-corrected chi connectivity index (χ4v) is 3.44. The maximum atomic E-state index is 13.0. The first-order valence-electron chi connectivity index (χ1n) is 7.96. The molecule has 1 aromatic heterocycles. The van der Waals surface area contributed by atoms with E-state index in [-0.39, 0.29) is 17.8 Å². The van der Waals surface area contributed by atoms with Crippen molar-refractivity contribution in [1.82, 2.24) is 9.80 Å². The van der Waals surface area contributed by atoms with Crippen LogP contribution in [0.3, 0.4) is 0 Å². The molecule has 1 saturated heterocycles. The molecule has 0 aliphatic carbocycles. The summed E-state index contributed by atoms with van der Waals surface area (Å²) in [5.41, 5.74) is 2.10. The number of morpholine rings is 1. The third kappa shape index (κ3) is 4.41. The molecular weight excluding hydrogens is 327 g/mol. The zero-order valence-electron chi connectivity index (χ0n) is 13.7. The summed E-state index contributed by atoms with van der Waals surface area (Å²) in [4.78, 5) is 16.3. The Kier molecular flexibility index (Phi) is 5.60. The quantitative estimate of drug-likeness (QED) is 0.833. The molecule has 2 aromatic rings. The van der Waals surface area contributed by atoms with E-state index in [2.05, 4.69) is 10.3 Å². The Labute approximate surface area is 145 Å². The zero-order valence-corrected chi connectivity index (χ0v) is 14.5. The van der Waals surface area contributed by atoms with E-state index < -0.39 is 0 Å². The summed E-state index contributed by atoms with van der Waals surface area (Å²) in [6.45, 7) is 2.96. The molecule has 0 saturated carbocycles. The highest BCUT2D eigenvalue weighted by Crippen LogP contribution is 2.22. The van der Waals surface area contributed by atoms with Gasteiger partial charge < -0.3 is 9.64 Å². The average Bonchev–Trinajstić information content (AvgIpc) is 3.08. The van der Waals surface area contributed by atoms with Crippen LogP contribution in [0.5, 0.6) is 0 Å². The van der Waals surface area contributed by atoms with Crippen molar-refractivity contribution in [3.05, 3.63) is 58.0 Å². The summed E-state index contributed by atoms with van der Waals surface area (Å²) in [6, 6.07) is 8.41. The van der Waals surface area contributed by atoms with Gasteiger partial charge in [0.05, 0.1) is 19.3 Å². The zero-order chi connectivity index (χ0) is 16.9. The van der Waals surface area contributed by atoms with E-state index in [4.69, 9.17) is 4.74 Å². The lowest BCUT2D eigenvalue weighted by Gasteiger charge is -2.33. The molecule has 6 heteroatoms. The summed E-state index contributed by atoms with van der Waals surface area (Å²) in [5, 5.41) is 4.08. The molecule has 1 aliphatic heterocycles. The number of benzene rings is 1. The Morgan fingerprint density at radius 3 is 2.88 bits per heavy atom. The standard InChI is InChI=1S/C18H21FN2O2S/c1-20(10-14-6-9-24-13-14)18(22)12-21-7-8-23-17(11-21)15-2-4-16(19)5-3-15/h2-6,9,13,17H,7-8,10-12H2,1H3. The van der Waals surface area contributed by atoms with Crippen LogP contribution in [-0.4, -0.2) is 49.0 Å². The minimum atomic E-state index is -0.253. The molecule has 4 nitrogen and oxygen atoms in total. The van der Waals surface area contributed by atoms with Crippen LogP contribution in [0.25, 0.3) is 0 Å². The fraction of sp³-hybridized carbons (Fsp3) is 0.389. The average molecular weight is 348 g/mol. The highest BCUT2D eigenvalue weighted by molar-refractivity contribution is 7.07. The van der Waals surface area contributed by atoms with Gasteiger partial charge in [-0.3, -0.25) is 9.69 Å². The maximum absolute atomic E-state index is 13.0. The van der Waals surface area contributed by atoms with E-state index >= 15 is 0 Å². The Hall–Kier alpha value is -1.76. The molecule has 1 aliphatic rings. The van der Waals surface area contributed by atoms with Gasteiger partial charge in [0, 0.05) is 26.7 Å². The molecule has 2 heterocycles. The van der Waals surface area contributed by atoms with Crippen molar-refractivity contribution < 1.29 is 13.9 Å². The molecule has 0 N–H and O–H groups in total. The van der Waals surface area contributed by atoms with Crippen LogP contribution in [0.4, 0.5) is 4.39 Å². The first-order chi connectivity index (χ1) is 11.6. The van der Waals surface area contributed by atoms with Gasteiger partial charge in [0.1, 0.15) is 5.82 Å². The van der Waals surface area contributed by atoms with Gasteiger partial charge in [0.2, 0.25) is 5.91 Å². The summed E-state index contributed by atoms with van der Waals surface area (Å²) >= 11 is 1.64. The van der Waals surface area contributed by atoms with Crippen LogP contribution in [0.2, 0.25) is 0 Å². The number of rotatable bonds is 5. The van der Waals surface area contributed by atoms with Gasteiger partial charge in [-0.1, -0.05) is 12.1 Å². The first kappa shape index (κ1) is 17.1. The van der Waals surface area contributed by atoms with Crippen molar-refractivity contribution in [2.75, 3.05) is 33.3 Å². The lowest BCUT2D eigenvalue weighted by Crippen LogP contribution is -2.44. The number of halogens is 1. The minimum absolute atomic E-state index is 0.0981. The number of hydrogen-bond acceptors (Lipinski definition) is 4. The van der Waals surface area contributed by atoms with Gasteiger partial charge in [-0.15, -0.1) is 0 Å². The number of carbonyl (C=O) groups excluding carboxylic acids is 1. The molecule has 0 bridgehead atoms. The molecular formula is C18H21FN2O2S. The summed E-state index contributed by atoms with van der Waals surface area (Å²) in [5.74, 6) is -0.155. The van der Waals surface area contributed by atoms with Crippen molar-refractivity contribution >= 4 is 17.2 Å². The molecule has 0 radical (unpaired) electrons. The third-order valence-corrected chi connectivity index (χ3v) is 4.91. The van der Waals surface area contributed by atoms with Gasteiger partial charge in [-0.2, -0.15) is 11.3 Å². The normalized spacial score (nSPS) is 18.5. The van der Waals surface area contributed by atoms with Crippen LogP contribution < -0.4 is 0 Å². The Bertz CT molecular complexity index is 660. The molecule has 128 valence electrons. The predicted octanol–water partition coefficient (Wildman–Crippen LogP) is 2.92. The largest absolute Gasteiger partial charge is 0.371 e. The highest BCUT2D eigenvalue weighted by Gasteiger charge is 2.24. The molecule has 1 aromatic carbocycles. The van der Waals surface area contributed by atoms with Gasteiger partial charge >= 0.3 is 0 Å². The van der Waals surface area contributed by atoms with E-state index in [1.165, 1.54) is 12.1 Å². The topological polar surface area (TPSA) is 32.8 Å². The molecule has 24 heavy (non-hydrogen) atoms. The monoisotopic (exact) mass is 348 g/mol. The van der Waals surface area contributed by atoms with Crippen LogP contribution >= 0.6 is 11.3 Å². The van der Waals surface area contributed by atoms with Gasteiger partial charge in [0.15, 0.2) is 0 Å². The first-order valence-corrected chi connectivity index (χ1v) is 8.90. The number of carbonyl (C=O) groups is 1. The van der Waals surface area contributed by atoms with E-state index in [0.717, 1.165) is 17.7 Å². The van der Waals surface area contributed by atoms with E-state index in [9.17, 15) is 9.18 Å². The number of nitrogens with zero attached hydrogens (tertiary/aromatic N) is 2. The molecule has 1 amide bonds. The molecule has 0 spiro atoms. The van der Waals surface area contributed by atoms with Crippen LogP contribution in [0.15, 0.2) is 41.1 Å². The van der Waals surface area contributed by atoms with Crippen molar-refractivity contribution in [1.29, 1.82) is 0 Å². The number of likely N-dealkylation sites (N-methyl/N-ethyl adjacent to an activating group) is 1. The highest BCUT2D eigenvalue weighted by atomic mass is 32.1. The third-order valence-electron chi connectivity index (χ3n) is 4.18. The molecule has 1 atom stereocenters. The van der Waals surface area contributed by atoms with Crippen molar-refractivity contribution in [2.45, 2.75) is 12.6 Å². The summed E-state index contributed by atoms with van der Waals surface area (Å²) in [6.07, 6.45) is -0.116. The Morgan fingerprint density at radius 2 is 2.17 bits per heavy atom. The second-order valence-electron chi connectivity index (χ2n) is 6.03. The second-order valence-corrected chi connectivity index (χ2v) is 6.81. The number of ether oxygens (including phenoxy) is 1. The number of amides is 1. The van der Waals surface area contributed by atoms with Gasteiger partial charge in [0.25, 0.3) is 0 Å². The summed E-state index contributed by atoms with van der Waals surface area (Å²) < 4.78 is 18.8. The van der Waals surface area contributed by atoms with Crippen LogP contribution in [0.1, 0.15) is 17.2 Å². The summed E-state index contributed by atoms with van der Waals surface area (Å²) in [7, 11) is 1.83. The maximum Gasteiger partial charge on any atom is 0.236 e. The van der Waals surface area contributed by atoms with E-state index in [1.54, 1.807) is 28.4 Å². The fourth-order valence-electron chi connectivity index (χ4n) is 2.78. The van der Waals surface area contributed by atoms with Crippen LogP contribution in [0, 0.1) is 5.82 Å². The Morgan fingerprint density at radius 1 is 1.38 bits per heavy atom. The van der Waals surface area contributed by atoms with Crippen molar-refractivity contribution in [3.8, 4) is 0 Å². The lowest BCUT2D eigenvalue weighted by molar-refractivity contribution is -0.133. The predicted molar refractivity (Wildman–Crippen MR) is 92.3 cm³/mol.